The molecular formula is C12H11ClN6. The normalized spacial score (nSPS) is 10.8. The minimum absolute atomic E-state index is 0.194. The Labute approximate surface area is 114 Å². The number of hydrogen-bond donors (Lipinski definition) is 1. The molecule has 0 saturated heterocycles. The van der Waals surface area contributed by atoms with Crippen LogP contribution >= 0.6 is 11.6 Å². The van der Waals surface area contributed by atoms with Crippen LogP contribution in [0.4, 0.5) is 5.82 Å². The van der Waals surface area contributed by atoms with Crippen LogP contribution < -0.4 is 5.32 Å². The van der Waals surface area contributed by atoms with E-state index in [-0.39, 0.29) is 5.28 Å². The van der Waals surface area contributed by atoms with E-state index in [1.165, 1.54) is 0 Å². The van der Waals surface area contributed by atoms with Crippen molar-refractivity contribution >= 4 is 28.5 Å². The maximum absolute atomic E-state index is 5.92. The molecule has 96 valence electrons. The molecule has 0 bridgehead atoms. The molecule has 1 N–H and O–H groups in total. The molecule has 0 aliphatic carbocycles. The number of nitrogens with one attached hydrogen (secondary N) is 1. The maximum Gasteiger partial charge on any atom is 0.226 e. The summed E-state index contributed by atoms with van der Waals surface area (Å²) in [5, 5.41) is 8.39. The highest BCUT2D eigenvalue weighted by Gasteiger charge is 2.10. The highest BCUT2D eigenvalue weighted by molar-refractivity contribution is 6.28. The Kier molecular flexibility index (Phi) is 3.00. The lowest BCUT2D eigenvalue weighted by atomic mass is 10.3. The number of nitrogens with zero attached hydrogens (tertiary/aromatic N) is 5. The first-order valence-corrected chi connectivity index (χ1v) is 6.11. The number of pyridine rings is 1. The third kappa shape index (κ3) is 2.34. The summed E-state index contributed by atoms with van der Waals surface area (Å²) in [5.74, 6) is 0.661. The van der Waals surface area contributed by atoms with Crippen molar-refractivity contribution in [3.05, 3.63) is 41.6 Å². The summed E-state index contributed by atoms with van der Waals surface area (Å²) >= 11 is 5.92. The van der Waals surface area contributed by atoms with Crippen LogP contribution in [0, 0.1) is 0 Å². The summed E-state index contributed by atoms with van der Waals surface area (Å²) in [6, 6.07) is 5.76. The summed E-state index contributed by atoms with van der Waals surface area (Å²) in [6.45, 7) is 0.568. The maximum atomic E-state index is 5.92. The summed E-state index contributed by atoms with van der Waals surface area (Å²) in [7, 11) is 1.81. The van der Waals surface area contributed by atoms with E-state index in [2.05, 4.69) is 25.4 Å². The van der Waals surface area contributed by atoms with Crippen LogP contribution in [-0.2, 0) is 13.6 Å². The second-order valence-electron chi connectivity index (χ2n) is 4.02. The fourth-order valence-corrected chi connectivity index (χ4v) is 1.97. The number of hydrogen-bond acceptors (Lipinski definition) is 5. The van der Waals surface area contributed by atoms with Crippen molar-refractivity contribution in [2.75, 3.05) is 5.32 Å². The molecule has 0 aliphatic heterocycles. The summed E-state index contributed by atoms with van der Waals surface area (Å²) in [6.07, 6.45) is 3.47. The van der Waals surface area contributed by atoms with E-state index in [1.54, 1.807) is 17.1 Å². The highest BCUT2D eigenvalue weighted by Crippen LogP contribution is 2.21. The molecule has 0 spiro atoms. The predicted molar refractivity (Wildman–Crippen MR) is 72.9 cm³/mol. The van der Waals surface area contributed by atoms with Crippen molar-refractivity contribution in [2.24, 2.45) is 7.05 Å². The average molecular weight is 275 g/mol. The van der Waals surface area contributed by atoms with Gasteiger partial charge in [-0.3, -0.25) is 9.67 Å². The van der Waals surface area contributed by atoms with Crippen molar-refractivity contribution in [1.29, 1.82) is 0 Å². The van der Waals surface area contributed by atoms with E-state index in [1.807, 2.05) is 25.2 Å². The Morgan fingerprint density at radius 2 is 2.21 bits per heavy atom. The molecule has 19 heavy (non-hydrogen) atoms. The van der Waals surface area contributed by atoms with Crippen LogP contribution in [-0.4, -0.2) is 24.7 Å². The van der Waals surface area contributed by atoms with Gasteiger partial charge in [-0.15, -0.1) is 0 Å². The molecule has 0 saturated carbocycles. The summed E-state index contributed by atoms with van der Waals surface area (Å²) in [4.78, 5) is 12.6. The van der Waals surface area contributed by atoms with Gasteiger partial charge in [0.05, 0.1) is 23.8 Å². The first-order chi connectivity index (χ1) is 9.24. The quantitative estimate of drug-likeness (QED) is 0.740. The minimum atomic E-state index is 0.194. The molecule has 3 heterocycles. The molecule has 0 unspecified atom stereocenters. The van der Waals surface area contributed by atoms with E-state index >= 15 is 0 Å². The van der Waals surface area contributed by atoms with Crippen LogP contribution in [0.25, 0.3) is 11.0 Å². The Bertz CT molecular complexity index is 709. The molecule has 0 atom stereocenters. The van der Waals surface area contributed by atoms with E-state index in [0.717, 1.165) is 11.1 Å². The van der Waals surface area contributed by atoms with E-state index in [0.29, 0.717) is 18.0 Å². The van der Waals surface area contributed by atoms with Gasteiger partial charge in [-0.2, -0.15) is 15.1 Å². The number of halogens is 1. The van der Waals surface area contributed by atoms with Crippen molar-refractivity contribution < 1.29 is 0 Å². The molecule has 0 aromatic carbocycles. The number of anilines is 1. The van der Waals surface area contributed by atoms with Gasteiger partial charge < -0.3 is 5.32 Å². The van der Waals surface area contributed by atoms with Crippen LogP contribution in [0.2, 0.25) is 5.28 Å². The second kappa shape index (κ2) is 4.81. The number of rotatable bonds is 3. The number of fused-ring (bicyclic) bond motifs is 1. The molecule has 0 amide bonds. The third-order valence-corrected chi connectivity index (χ3v) is 2.90. The average Bonchev–Trinajstić information content (AvgIpc) is 2.79. The fraction of sp³-hybridized carbons (Fsp3) is 0.167. The van der Waals surface area contributed by atoms with E-state index < -0.39 is 0 Å². The van der Waals surface area contributed by atoms with Gasteiger partial charge in [-0.25, -0.2) is 0 Å². The third-order valence-electron chi connectivity index (χ3n) is 2.73. The van der Waals surface area contributed by atoms with Gasteiger partial charge in [0.2, 0.25) is 5.28 Å². The smallest absolute Gasteiger partial charge is 0.226 e. The van der Waals surface area contributed by atoms with Crippen molar-refractivity contribution in [3.63, 3.8) is 0 Å². The molecule has 0 radical (unpaired) electrons. The summed E-state index contributed by atoms with van der Waals surface area (Å²) < 4.78 is 1.66. The fourth-order valence-electron chi connectivity index (χ4n) is 1.81. The van der Waals surface area contributed by atoms with Crippen molar-refractivity contribution in [3.8, 4) is 0 Å². The lowest BCUT2D eigenvalue weighted by Crippen LogP contribution is -2.04. The van der Waals surface area contributed by atoms with Crippen LogP contribution in [0.5, 0.6) is 0 Å². The predicted octanol–water partition coefficient (Wildman–Crippen LogP) is 2.02. The molecule has 0 aliphatic rings. The largest absolute Gasteiger partial charge is 0.364 e. The van der Waals surface area contributed by atoms with E-state index in [4.69, 9.17) is 11.6 Å². The molecule has 3 rings (SSSR count). The Morgan fingerprint density at radius 3 is 3.00 bits per heavy atom. The van der Waals surface area contributed by atoms with Crippen LogP contribution in [0.1, 0.15) is 5.69 Å². The van der Waals surface area contributed by atoms with Gasteiger partial charge in [-0.05, 0) is 23.7 Å². The molecule has 0 fully saturated rings. The Morgan fingerprint density at radius 1 is 1.32 bits per heavy atom. The zero-order valence-electron chi connectivity index (χ0n) is 10.2. The topological polar surface area (TPSA) is 68.5 Å². The Balaban J connectivity index is 1.92. The standard InChI is InChI=1S/C12H11ClN6/c1-19-11-9(7-16-19)10(17-12(13)18-11)15-6-8-4-2-3-5-14-8/h2-5,7H,6H2,1H3,(H,15,17,18). The Hall–Kier alpha value is -2.21. The van der Waals surface area contributed by atoms with Gasteiger partial charge in [0, 0.05) is 13.2 Å². The molecule has 3 aromatic rings. The summed E-state index contributed by atoms with van der Waals surface area (Å²) in [5.41, 5.74) is 1.62. The SMILES string of the molecule is Cn1ncc2c(NCc3ccccn3)nc(Cl)nc21. The van der Waals surface area contributed by atoms with Crippen LogP contribution in [0.3, 0.4) is 0 Å². The van der Waals surface area contributed by atoms with Gasteiger partial charge in [0.1, 0.15) is 5.82 Å². The van der Waals surface area contributed by atoms with E-state index in [9.17, 15) is 0 Å². The van der Waals surface area contributed by atoms with Crippen molar-refractivity contribution in [1.82, 2.24) is 24.7 Å². The molecule has 3 aromatic heterocycles. The monoisotopic (exact) mass is 274 g/mol. The first-order valence-electron chi connectivity index (χ1n) is 5.73. The van der Waals surface area contributed by atoms with Gasteiger partial charge in [0.25, 0.3) is 0 Å². The lowest BCUT2D eigenvalue weighted by molar-refractivity contribution is 0.785. The van der Waals surface area contributed by atoms with Gasteiger partial charge in [0.15, 0.2) is 5.65 Å². The lowest BCUT2D eigenvalue weighted by Gasteiger charge is -2.06. The second-order valence-corrected chi connectivity index (χ2v) is 4.36. The highest BCUT2D eigenvalue weighted by atomic mass is 35.5. The molecule has 7 heteroatoms. The van der Waals surface area contributed by atoms with Gasteiger partial charge in [-0.1, -0.05) is 6.07 Å². The molecule has 6 nitrogen and oxygen atoms in total. The number of aromatic nitrogens is 5. The van der Waals surface area contributed by atoms with Gasteiger partial charge >= 0.3 is 0 Å². The van der Waals surface area contributed by atoms with Crippen LogP contribution in [0.15, 0.2) is 30.6 Å². The molecular weight excluding hydrogens is 264 g/mol. The first kappa shape index (κ1) is 11.9. The zero-order chi connectivity index (χ0) is 13.2. The number of aryl methyl sites for hydroxylation is 1. The van der Waals surface area contributed by atoms with Crippen molar-refractivity contribution in [2.45, 2.75) is 6.54 Å². The minimum Gasteiger partial charge on any atom is -0.364 e. The zero-order valence-corrected chi connectivity index (χ0v) is 11.0.